The quantitative estimate of drug-likeness (QED) is 0.471. The molecule has 1 saturated heterocycles. The Morgan fingerprint density at radius 1 is 1.39 bits per heavy atom. The maximum absolute atomic E-state index is 11.9. The van der Waals surface area contributed by atoms with Crippen molar-refractivity contribution in [1.82, 2.24) is 25.4 Å². The number of anilines is 2. The highest BCUT2D eigenvalue weighted by Gasteiger charge is 2.31. The number of benzene rings is 1. The van der Waals surface area contributed by atoms with Crippen molar-refractivity contribution >= 4 is 29.1 Å². The lowest BCUT2D eigenvalue weighted by molar-refractivity contribution is -0.119. The van der Waals surface area contributed by atoms with Crippen molar-refractivity contribution in [3.05, 3.63) is 39.9 Å². The van der Waals surface area contributed by atoms with Crippen LogP contribution in [0.15, 0.2) is 16.9 Å². The lowest BCUT2D eigenvalue weighted by Gasteiger charge is -2.25. The summed E-state index contributed by atoms with van der Waals surface area (Å²) in [4.78, 5) is 24.6. The van der Waals surface area contributed by atoms with Crippen molar-refractivity contribution in [3.63, 3.8) is 0 Å². The zero-order valence-electron chi connectivity index (χ0n) is 18.9. The number of nitrogens with two attached hydrogens (primary N) is 1. The number of rotatable bonds is 7. The largest absolute Gasteiger partial charge is 0.493 e. The van der Waals surface area contributed by atoms with Gasteiger partial charge in [0, 0.05) is 35.0 Å². The van der Waals surface area contributed by atoms with Crippen LogP contribution in [0.25, 0.3) is 11.5 Å². The zero-order valence-corrected chi connectivity index (χ0v) is 19.7. The maximum atomic E-state index is 11.9. The molecule has 4 rings (SSSR count). The number of hydrogen-bond acceptors (Lipinski definition) is 9. The third-order valence-electron chi connectivity index (χ3n) is 5.66. The summed E-state index contributed by atoms with van der Waals surface area (Å²) in [6.45, 7) is 8.57. The number of halogens is 1. The fraction of sp³-hybridized carbons (Fsp3) is 0.409. The molecule has 0 saturated carbocycles. The molecule has 0 aliphatic carbocycles. The molecule has 11 heteroatoms. The van der Waals surface area contributed by atoms with E-state index in [0.29, 0.717) is 41.8 Å². The van der Waals surface area contributed by atoms with E-state index < -0.39 is 0 Å². The Morgan fingerprint density at radius 3 is 2.82 bits per heavy atom. The van der Waals surface area contributed by atoms with Crippen molar-refractivity contribution in [2.75, 3.05) is 24.2 Å². The van der Waals surface area contributed by atoms with E-state index in [1.54, 1.807) is 6.92 Å². The second-order valence-corrected chi connectivity index (χ2v) is 8.36. The average Bonchev–Trinajstić information content (AvgIpc) is 3.39. The predicted octanol–water partition coefficient (Wildman–Crippen LogP) is 3.55. The van der Waals surface area contributed by atoms with Crippen molar-refractivity contribution in [2.24, 2.45) is 0 Å². The molecule has 3 heterocycles. The fourth-order valence-electron chi connectivity index (χ4n) is 4.09. The van der Waals surface area contributed by atoms with Crippen molar-refractivity contribution in [3.8, 4) is 17.2 Å². The highest BCUT2D eigenvalue weighted by atomic mass is 35.5. The van der Waals surface area contributed by atoms with Gasteiger partial charge in [0.15, 0.2) is 5.82 Å². The normalized spacial score (nSPS) is 16.5. The van der Waals surface area contributed by atoms with Crippen molar-refractivity contribution in [2.45, 2.75) is 46.1 Å². The highest BCUT2D eigenvalue weighted by Crippen LogP contribution is 2.43. The third kappa shape index (κ3) is 4.43. The molecule has 1 aliphatic heterocycles. The van der Waals surface area contributed by atoms with Crippen LogP contribution in [0.1, 0.15) is 54.7 Å². The summed E-state index contributed by atoms with van der Waals surface area (Å²) in [5, 5.41) is 10.7. The summed E-state index contributed by atoms with van der Waals surface area (Å²) in [5.41, 5.74) is 9.23. The fourth-order valence-corrected chi connectivity index (χ4v) is 4.31. The lowest BCUT2D eigenvalue weighted by atomic mass is 9.89. The molecule has 33 heavy (non-hydrogen) atoms. The minimum atomic E-state index is -0.287. The number of nitrogens with zero attached hydrogens (tertiary/aromatic N) is 4. The van der Waals surface area contributed by atoms with E-state index in [2.05, 4.69) is 30.7 Å². The Labute approximate surface area is 196 Å². The smallest absolute Gasteiger partial charge is 0.265 e. The van der Waals surface area contributed by atoms with Crippen LogP contribution in [0.3, 0.4) is 0 Å². The molecule has 2 aromatic heterocycles. The topological polar surface area (TPSA) is 141 Å². The van der Waals surface area contributed by atoms with Crippen molar-refractivity contribution < 1.29 is 14.1 Å². The van der Waals surface area contributed by atoms with E-state index in [-0.39, 0.29) is 29.6 Å². The number of hydrogen-bond donors (Lipinski definition) is 3. The summed E-state index contributed by atoms with van der Waals surface area (Å²) in [6.07, 6.45) is 1.76. The van der Waals surface area contributed by atoms with Gasteiger partial charge in [-0.2, -0.15) is 4.98 Å². The van der Waals surface area contributed by atoms with Crippen LogP contribution in [0, 0.1) is 13.8 Å². The van der Waals surface area contributed by atoms with E-state index in [1.165, 1.54) is 6.33 Å². The number of carbonyl (C=O) groups is 1. The standard InChI is InChI=1S/C22H26ClN7O3/c1-5-32-19-14(7-15(23)10(2)17(19)13-6-16(31)25-8-13)11(3)28-21-18(20(24)26-9-27-21)22-29-12(4)30-33-22/h7,9,11,13H,5-6,8H2,1-4H3,(H,25,31)(H3,24,26,27,28). The van der Waals surface area contributed by atoms with Gasteiger partial charge in [0.05, 0.1) is 12.6 Å². The number of nitrogen functional groups attached to an aromatic ring is 1. The lowest BCUT2D eigenvalue weighted by Crippen LogP contribution is -2.16. The molecular formula is C22H26ClN7O3. The first-order valence-electron chi connectivity index (χ1n) is 10.7. The second kappa shape index (κ2) is 9.22. The number of carbonyl (C=O) groups excluding carboxylic acids is 1. The van der Waals surface area contributed by atoms with E-state index >= 15 is 0 Å². The average molecular weight is 472 g/mol. The molecule has 174 valence electrons. The van der Waals surface area contributed by atoms with E-state index in [0.717, 1.165) is 22.4 Å². The summed E-state index contributed by atoms with van der Waals surface area (Å²) in [7, 11) is 0. The molecule has 0 bridgehead atoms. The molecule has 0 spiro atoms. The van der Waals surface area contributed by atoms with Gasteiger partial charge in [0.1, 0.15) is 29.3 Å². The van der Waals surface area contributed by atoms with Gasteiger partial charge in [0.25, 0.3) is 5.89 Å². The van der Waals surface area contributed by atoms with Crippen LogP contribution in [0.4, 0.5) is 11.6 Å². The van der Waals surface area contributed by atoms with E-state index in [9.17, 15) is 4.79 Å². The molecular weight excluding hydrogens is 446 g/mol. The summed E-state index contributed by atoms with van der Waals surface area (Å²) < 4.78 is 11.4. The third-order valence-corrected chi connectivity index (χ3v) is 6.06. The van der Waals surface area contributed by atoms with Crippen LogP contribution in [0.2, 0.25) is 5.02 Å². The SMILES string of the molecule is CCOc1c(C(C)Nc2ncnc(N)c2-c2nc(C)no2)cc(Cl)c(C)c1C1CNC(=O)C1. The van der Waals surface area contributed by atoms with Crippen LogP contribution in [-0.4, -0.2) is 39.2 Å². The molecule has 3 aromatic rings. The number of nitrogens with one attached hydrogen (secondary N) is 2. The Kier molecular flexibility index (Phi) is 6.37. The monoisotopic (exact) mass is 471 g/mol. The first kappa shape index (κ1) is 22.8. The van der Waals surface area contributed by atoms with Gasteiger partial charge in [-0.3, -0.25) is 4.79 Å². The van der Waals surface area contributed by atoms with Crippen LogP contribution >= 0.6 is 11.6 Å². The molecule has 2 atom stereocenters. The first-order valence-corrected chi connectivity index (χ1v) is 11.1. The minimum Gasteiger partial charge on any atom is -0.493 e. The molecule has 1 aliphatic rings. The number of amides is 1. The van der Waals surface area contributed by atoms with Crippen molar-refractivity contribution in [1.29, 1.82) is 0 Å². The van der Waals surface area contributed by atoms with Crippen LogP contribution in [0.5, 0.6) is 5.75 Å². The zero-order chi connectivity index (χ0) is 23.7. The van der Waals surface area contributed by atoms with Crippen LogP contribution < -0.4 is 21.1 Å². The number of aryl methyl sites for hydroxylation is 1. The van der Waals surface area contributed by atoms with E-state index in [4.69, 9.17) is 26.6 Å². The van der Waals surface area contributed by atoms with Gasteiger partial charge in [0.2, 0.25) is 5.91 Å². The van der Waals surface area contributed by atoms with Gasteiger partial charge >= 0.3 is 0 Å². The molecule has 1 amide bonds. The minimum absolute atomic E-state index is 0.0182. The Balaban J connectivity index is 1.77. The van der Waals surface area contributed by atoms with Gasteiger partial charge in [-0.15, -0.1) is 0 Å². The summed E-state index contributed by atoms with van der Waals surface area (Å²) >= 11 is 6.64. The molecule has 1 aromatic carbocycles. The van der Waals surface area contributed by atoms with Crippen LogP contribution in [-0.2, 0) is 4.79 Å². The molecule has 2 unspecified atom stereocenters. The second-order valence-electron chi connectivity index (χ2n) is 7.95. The Hall–Kier alpha value is -3.40. The molecule has 1 fully saturated rings. The molecule has 10 nitrogen and oxygen atoms in total. The Bertz CT molecular complexity index is 1200. The van der Waals surface area contributed by atoms with Gasteiger partial charge in [-0.25, -0.2) is 9.97 Å². The summed E-state index contributed by atoms with van der Waals surface area (Å²) in [6, 6.07) is 1.60. The number of ether oxygens (including phenoxy) is 1. The first-order chi connectivity index (χ1) is 15.8. The molecule has 4 N–H and O–H groups in total. The van der Waals surface area contributed by atoms with E-state index in [1.807, 2.05) is 26.8 Å². The van der Waals surface area contributed by atoms with Gasteiger partial charge in [-0.05, 0) is 39.3 Å². The highest BCUT2D eigenvalue weighted by molar-refractivity contribution is 6.31. The Morgan fingerprint density at radius 2 is 2.18 bits per heavy atom. The summed E-state index contributed by atoms with van der Waals surface area (Å²) in [5.74, 6) is 2.08. The van der Waals surface area contributed by atoms with Gasteiger partial charge in [-0.1, -0.05) is 16.8 Å². The van der Waals surface area contributed by atoms with Gasteiger partial charge < -0.3 is 25.6 Å². The number of aromatic nitrogens is 4. The maximum Gasteiger partial charge on any atom is 0.265 e. The molecule has 0 radical (unpaired) electrons. The predicted molar refractivity (Wildman–Crippen MR) is 124 cm³/mol.